The van der Waals surface area contributed by atoms with E-state index in [1.54, 1.807) is 19.2 Å². The second kappa shape index (κ2) is 5.83. The first-order valence-corrected chi connectivity index (χ1v) is 6.50. The van der Waals surface area contributed by atoms with E-state index in [-0.39, 0.29) is 17.0 Å². The third-order valence-electron chi connectivity index (χ3n) is 2.73. The summed E-state index contributed by atoms with van der Waals surface area (Å²) in [6.07, 6.45) is 2.56. The van der Waals surface area contributed by atoms with E-state index in [9.17, 15) is 9.59 Å². The lowest BCUT2D eigenvalue weighted by atomic mass is 10.2. The number of hydrogen-bond acceptors (Lipinski definition) is 3. The molecule has 0 radical (unpaired) electrons. The summed E-state index contributed by atoms with van der Waals surface area (Å²) in [6.45, 7) is 0. The molecule has 0 aliphatic carbocycles. The molecule has 1 aromatic carbocycles. The number of aromatic carboxylic acids is 1. The summed E-state index contributed by atoms with van der Waals surface area (Å²) in [6, 6.07) is 8.57. The smallest absolute Gasteiger partial charge is 0.337 e. The van der Waals surface area contributed by atoms with Gasteiger partial charge in [0.05, 0.1) is 11.1 Å². The summed E-state index contributed by atoms with van der Waals surface area (Å²) in [4.78, 5) is 28.4. The highest BCUT2D eigenvalue weighted by molar-refractivity contribution is 9.10. The lowest BCUT2D eigenvalue weighted by molar-refractivity contribution is 0.0696. The van der Waals surface area contributed by atoms with E-state index in [2.05, 4.69) is 20.9 Å². The topological polar surface area (TPSA) is 70.5 Å². The maximum absolute atomic E-state index is 12.3. The molecule has 1 N–H and O–H groups in total. The monoisotopic (exact) mass is 334 g/mol. The molecular formula is C14H11BrN2O3. The first-order chi connectivity index (χ1) is 9.49. The van der Waals surface area contributed by atoms with Crippen LogP contribution >= 0.6 is 15.9 Å². The molecule has 0 unspecified atom stereocenters. The minimum Gasteiger partial charge on any atom is -0.478 e. The molecule has 20 heavy (non-hydrogen) atoms. The largest absolute Gasteiger partial charge is 0.478 e. The number of nitrogens with zero attached hydrogens (tertiary/aromatic N) is 2. The predicted molar refractivity (Wildman–Crippen MR) is 78.1 cm³/mol. The molecule has 1 amide bonds. The van der Waals surface area contributed by atoms with Gasteiger partial charge in [0.2, 0.25) is 0 Å². The number of halogens is 1. The Kier molecular flexibility index (Phi) is 4.14. The second-order valence-corrected chi connectivity index (χ2v) is 5.03. The summed E-state index contributed by atoms with van der Waals surface area (Å²) in [5, 5.41) is 8.91. The van der Waals surface area contributed by atoms with Crippen LogP contribution in [0.2, 0.25) is 0 Å². The molecule has 1 aromatic heterocycles. The standard InChI is InChI=1S/C14H11BrN2O3/c1-17(12-4-2-3-11(15)6-12)13(18)9-5-10(14(19)20)8-16-7-9/h2-8H,1H3,(H,19,20). The van der Waals surface area contributed by atoms with E-state index in [1.165, 1.54) is 23.4 Å². The van der Waals surface area contributed by atoms with Crippen LogP contribution < -0.4 is 4.90 Å². The number of hydrogen-bond donors (Lipinski definition) is 1. The molecule has 5 nitrogen and oxygen atoms in total. The number of rotatable bonds is 3. The highest BCUT2D eigenvalue weighted by atomic mass is 79.9. The number of carboxylic acids is 1. The van der Waals surface area contributed by atoms with Crippen molar-refractivity contribution >= 4 is 33.5 Å². The van der Waals surface area contributed by atoms with Crippen LogP contribution in [-0.2, 0) is 0 Å². The highest BCUT2D eigenvalue weighted by Crippen LogP contribution is 2.20. The number of aromatic nitrogens is 1. The summed E-state index contributed by atoms with van der Waals surface area (Å²) >= 11 is 3.34. The highest BCUT2D eigenvalue weighted by Gasteiger charge is 2.16. The third kappa shape index (κ3) is 3.03. The van der Waals surface area contributed by atoms with Gasteiger partial charge in [-0.05, 0) is 24.3 Å². The molecule has 0 atom stereocenters. The number of amides is 1. The van der Waals surface area contributed by atoms with E-state index >= 15 is 0 Å². The molecule has 2 aromatic rings. The van der Waals surface area contributed by atoms with Gasteiger partial charge in [-0.15, -0.1) is 0 Å². The van der Waals surface area contributed by atoms with Crippen LogP contribution in [0.1, 0.15) is 20.7 Å². The summed E-state index contributed by atoms with van der Waals surface area (Å²) < 4.78 is 0.854. The van der Waals surface area contributed by atoms with E-state index in [0.717, 1.165) is 4.47 Å². The summed E-state index contributed by atoms with van der Waals surface area (Å²) in [7, 11) is 1.62. The molecule has 0 aliphatic rings. The Morgan fingerprint density at radius 2 is 1.90 bits per heavy atom. The first kappa shape index (κ1) is 14.2. The van der Waals surface area contributed by atoms with Crippen molar-refractivity contribution in [2.24, 2.45) is 0 Å². The van der Waals surface area contributed by atoms with Crippen LogP contribution in [0, 0.1) is 0 Å². The molecule has 1 heterocycles. The Hall–Kier alpha value is -2.21. The average Bonchev–Trinajstić information content (AvgIpc) is 2.45. The number of carboxylic acid groups (broad SMARTS) is 1. The van der Waals surface area contributed by atoms with Crippen molar-refractivity contribution in [3.8, 4) is 0 Å². The van der Waals surface area contributed by atoms with Gasteiger partial charge in [0.1, 0.15) is 0 Å². The SMILES string of the molecule is CN(C(=O)c1cncc(C(=O)O)c1)c1cccc(Br)c1. The molecule has 0 saturated carbocycles. The molecular weight excluding hydrogens is 324 g/mol. The summed E-state index contributed by atoms with van der Waals surface area (Å²) in [5.74, 6) is -1.43. The first-order valence-electron chi connectivity index (χ1n) is 5.71. The van der Waals surface area contributed by atoms with E-state index in [4.69, 9.17) is 5.11 Å². The van der Waals surface area contributed by atoms with Gasteiger partial charge in [0.15, 0.2) is 0 Å². The van der Waals surface area contributed by atoms with Gasteiger partial charge in [0, 0.05) is 29.6 Å². The van der Waals surface area contributed by atoms with Crippen molar-refractivity contribution in [3.05, 3.63) is 58.3 Å². The fraction of sp³-hybridized carbons (Fsp3) is 0.0714. The Bertz CT molecular complexity index is 673. The van der Waals surface area contributed by atoms with Crippen molar-refractivity contribution in [3.63, 3.8) is 0 Å². The van der Waals surface area contributed by atoms with E-state index in [1.807, 2.05) is 12.1 Å². The number of pyridine rings is 1. The minimum atomic E-state index is -1.11. The molecule has 0 spiro atoms. The fourth-order valence-corrected chi connectivity index (χ4v) is 2.06. The molecule has 6 heteroatoms. The van der Waals surface area contributed by atoms with Crippen molar-refractivity contribution in [1.82, 2.24) is 4.98 Å². The Balaban J connectivity index is 2.31. The zero-order valence-corrected chi connectivity index (χ0v) is 12.2. The number of carbonyl (C=O) groups excluding carboxylic acids is 1. The molecule has 2 rings (SSSR count). The third-order valence-corrected chi connectivity index (χ3v) is 3.23. The maximum atomic E-state index is 12.3. The van der Waals surface area contributed by atoms with Crippen LogP contribution in [0.4, 0.5) is 5.69 Å². The number of anilines is 1. The lowest BCUT2D eigenvalue weighted by Crippen LogP contribution is -2.26. The molecule has 0 saturated heterocycles. The van der Waals surface area contributed by atoms with E-state index < -0.39 is 5.97 Å². The van der Waals surface area contributed by atoms with Gasteiger partial charge < -0.3 is 10.0 Å². The maximum Gasteiger partial charge on any atom is 0.337 e. The van der Waals surface area contributed by atoms with Crippen LogP contribution in [0.15, 0.2) is 47.2 Å². The van der Waals surface area contributed by atoms with Gasteiger partial charge in [0.25, 0.3) is 5.91 Å². The Morgan fingerprint density at radius 1 is 1.20 bits per heavy atom. The Labute approximate surface area is 124 Å². The van der Waals surface area contributed by atoms with Crippen molar-refractivity contribution in [1.29, 1.82) is 0 Å². The van der Waals surface area contributed by atoms with Crippen LogP contribution in [-0.4, -0.2) is 29.0 Å². The molecule has 0 fully saturated rings. The summed E-state index contributed by atoms with van der Waals surface area (Å²) in [5.41, 5.74) is 0.913. The average molecular weight is 335 g/mol. The fourth-order valence-electron chi connectivity index (χ4n) is 1.67. The van der Waals surface area contributed by atoms with Gasteiger partial charge >= 0.3 is 5.97 Å². The molecule has 0 bridgehead atoms. The van der Waals surface area contributed by atoms with Crippen molar-refractivity contribution < 1.29 is 14.7 Å². The lowest BCUT2D eigenvalue weighted by Gasteiger charge is -2.17. The second-order valence-electron chi connectivity index (χ2n) is 4.11. The number of carbonyl (C=O) groups is 2. The minimum absolute atomic E-state index is 0.0153. The predicted octanol–water partition coefficient (Wildman–Crippen LogP) is 2.82. The van der Waals surface area contributed by atoms with Gasteiger partial charge in [-0.3, -0.25) is 9.78 Å². The zero-order chi connectivity index (χ0) is 14.7. The van der Waals surface area contributed by atoms with Crippen LogP contribution in [0.5, 0.6) is 0 Å². The van der Waals surface area contributed by atoms with E-state index in [0.29, 0.717) is 5.69 Å². The van der Waals surface area contributed by atoms with Crippen LogP contribution in [0.3, 0.4) is 0 Å². The molecule has 0 aliphatic heterocycles. The Morgan fingerprint density at radius 3 is 2.55 bits per heavy atom. The quantitative estimate of drug-likeness (QED) is 0.936. The van der Waals surface area contributed by atoms with Crippen molar-refractivity contribution in [2.75, 3.05) is 11.9 Å². The van der Waals surface area contributed by atoms with Gasteiger partial charge in [-0.25, -0.2) is 4.79 Å². The number of benzene rings is 1. The van der Waals surface area contributed by atoms with Gasteiger partial charge in [-0.1, -0.05) is 22.0 Å². The van der Waals surface area contributed by atoms with Crippen molar-refractivity contribution in [2.45, 2.75) is 0 Å². The molecule has 102 valence electrons. The zero-order valence-electron chi connectivity index (χ0n) is 10.6. The van der Waals surface area contributed by atoms with Gasteiger partial charge in [-0.2, -0.15) is 0 Å². The van der Waals surface area contributed by atoms with Crippen LogP contribution in [0.25, 0.3) is 0 Å². The normalized spacial score (nSPS) is 10.1.